The second-order valence-electron chi connectivity index (χ2n) is 6.64. The highest BCUT2D eigenvalue weighted by Crippen LogP contribution is 2.23. The largest absolute Gasteiger partial charge is 0.322 e. The number of hydrogen-bond donors (Lipinski definition) is 1. The third-order valence-electron chi connectivity index (χ3n) is 4.79. The van der Waals surface area contributed by atoms with Crippen molar-refractivity contribution in [1.82, 2.24) is 19.2 Å². The lowest BCUT2D eigenvalue weighted by molar-refractivity contribution is 0.102. The van der Waals surface area contributed by atoms with Crippen LogP contribution < -0.4 is 5.32 Å². The molecule has 5 rings (SSSR count). The molecule has 2 aromatic carbocycles. The lowest BCUT2D eigenvalue weighted by Gasteiger charge is -2.07. The minimum Gasteiger partial charge on any atom is -0.322 e. The van der Waals surface area contributed by atoms with Gasteiger partial charge in [-0.1, -0.05) is 30.3 Å². The molecule has 6 nitrogen and oxygen atoms in total. The lowest BCUT2D eigenvalue weighted by atomic mass is 10.1. The van der Waals surface area contributed by atoms with Crippen molar-refractivity contribution in [2.45, 2.75) is 6.92 Å². The van der Waals surface area contributed by atoms with Gasteiger partial charge in [-0.2, -0.15) is 5.10 Å². The number of rotatable bonds is 4. The Kier molecular flexibility index (Phi) is 4.22. The molecule has 3 aromatic heterocycles. The van der Waals surface area contributed by atoms with E-state index in [0.29, 0.717) is 5.56 Å². The van der Waals surface area contributed by atoms with Crippen LogP contribution in [0.25, 0.3) is 21.9 Å². The van der Waals surface area contributed by atoms with Crippen LogP contribution in [0.15, 0.2) is 78.6 Å². The summed E-state index contributed by atoms with van der Waals surface area (Å²) in [6, 6.07) is 17.5. The van der Waals surface area contributed by atoms with E-state index in [1.165, 1.54) is 0 Å². The van der Waals surface area contributed by atoms with Gasteiger partial charge in [-0.05, 0) is 31.2 Å². The molecule has 0 saturated carbocycles. The zero-order chi connectivity index (χ0) is 19.8. The summed E-state index contributed by atoms with van der Waals surface area (Å²) in [6.07, 6.45) is 5.59. The Labute approximate surface area is 171 Å². The first-order valence-corrected chi connectivity index (χ1v) is 10.0. The Bertz CT molecular complexity index is 1270. The third-order valence-corrected chi connectivity index (χ3v) is 5.56. The van der Waals surface area contributed by atoms with Gasteiger partial charge >= 0.3 is 0 Å². The molecule has 0 spiro atoms. The minimum absolute atomic E-state index is 0.181. The number of fused-ring (bicyclic) bond motifs is 1. The van der Waals surface area contributed by atoms with Gasteiger partial charge in [0.1, 0.15) is 0 Å². The number of para-hydroxylation sites is 1. The number of anilines is 1. The molecule has 0 atom stereocenters. The van der Waals surface area contributed by atoms with E-state index < -0.39 is 0 Å². The maximum absolute atomic E-state index is 12.7. The number of carbonyl (C=O) groups is 1. The Morgan fingerprint density at radius 3 is 2.62 bits per heavy atom. The van der Waals surface area contributed by atoms with E-state index in [9.17, 15) is 4.79 Å². The Balaban J connectivity index is 1.35. The highest BCUT2D eigenvalue weighted by Gasteiger charge is 2.15. The number of imidazole rings is 1. The summed E-state index contributed by atoms with van der Waals surface area (Å²) < 4.78 is 3.77. The van der Waals surface area contributed by atoms with E-state index >= 15 is 0 Å². The molecule has 1 N–H and O–H groups in total. The second-order valence-corrected chi connectivity index (χ2v) is 7.51. The standard InChI is InChI=1S/C22H17N5OS/c1-15-19(13-23-27(15)18-5-3-2-4-6-18)21(28)24-17-9-7-16(8-10-17)20-14-26-11-12-29-22(26)25-20/h2-14H,1H3,(H,24,28). The van der Waals surface area contributed by atoms with Crippen molar-refractivity contribution >= 4 is 27.9 Å². The van der Waals surface area contributed by atoms with Crippen LogP contribution in [0, 0.1) is 6.92 Å². The number of carbonyl (C=O) groups excluding carboxylic acids is 1. The minimum atomic E-state index is -0.181. The summed E-state index contributed by atoms with van der Waals surface area (Å²) in [6.45, 7) is 1.89. The summed E-state index contributed by atoms with van der Waals surface area (Å²) in [4.78, 5) is 18.3. The van der Waals surface area contributed by atoms with E-state index in [1.807, 2.05) is 83.7 Å². The van der Waals surface area contributed by atoms with Crippen molar-refractivity contribution < 1.29 is 4.79 Å². The first-order valence-electron chi connectivity index (χ1n) is 9.13. The number of hydrogen-bond acceptors (Lipinski definition) is 4. The van der Waals surface area contributed by atoms with Gasteiger partial charge in [0.05, 0.1) is 28.8 Å². The SMILES string of the molecule is Cc1c(C(=O)Nc2ccc(-c3cn4ccsc4n3)cc2)cnn1-c1ccccc1. The quantitative estimate of drug-likeness (QED) is 0.472. The van der Waals surface area contributed by atoms with Crippen molar-refractivity contribution in [3.63, 3.8) is 0 Å². The van der Waals surface area contributed by atoms with Gasteiger partial charge in [-0.3, -0.25) is 9.20 Å². The molecular weight excluding hydrogens is 382 g/mol. The van der Waals surface area contributed by atoms with E-state index in [1.54, 1.807) is 22.2 Å². The fraction of sp³-hybridized carbons (Fsp3) is 0.0455. The number of thiazole rings is 1. The number of aromatic nitrogens is 4. The Morgan fingerprint density at radius 2 is 1.86 bits per heavy atom. The van der Waals surface area contributed by atoms with E-state index in [2.05, 4.69) is 15.4 Å². The second kappa shape index (κ2) is 7.03. The molecule has 7 heteroatoms. The van der Waals surface area contributed by atoms with Crippen molar-refractivity contribution in [2.24, 2.45) is 0 Å². The molecule has 3 heterocycles. The summed E-state index contributed by atoms with van der Waals surface area (Å²) in [5, 5.41) is 9.32. The van der Waals surface area contributed by atoms with Crippen LogP contribution in [-0.4, -0.2) is 25.1 Å². The fourth-order valence-electron chi connectivity index (χ4n) is 3.25. The smallest absolute Gasteiger partial charge is 0.259 e. The molecule has 5 aromatic rings. The van der Waals surface area contributed by atoms with Crippen LogP contribution >= 0.6 is 11.3 Å². The zero-order valence-electron chi connectivity index (χ0n) is 15.6. The summed E-state index contributed by atoms with van der Waals surface area (Å²) in [5.74, 6) is -0.181. The van der Waals surface area contributed by atoms with Gasteiger partial charge < -0.3 is 5.32 Å². The van der Waals surface area contributed by atoms with Crippen LogP contribution in [0.5, 0.6) is 0 Å². The summed E-state index contributed by atoms with van der Waals surface area (Å²) >= 11 is 1.60. The van der Waals surface area contributed by atoms with E-state index in [4.69, 9.17) is 0 Å². The third kappa shape index (κ3) is 3.21. The Morgan fingerprint density at radius 1 is 1.07 bits per heavy atom. The number of benzene rings is 2. The van der Waals surface area contributed by atoms with Crippen LogP contribution in [0.3, 0.4) is 0 Å². The molecule has 29 heavy (non-hydrogen) atoms. The Hall–Kier alpha value is -3.71. The fourth-order valence-corrected chi connectivity index (χ4v) is 3.95. The van der Waals surface area contributed by atoms with Gasteiger partial charge in [0.2, 0.25) is 0 Å². The van der Waals surface area contributed by atoms with Crippen molar-refractivity contribution in [3.05, 3.63) is 89.8 Å². The van der Waals surface area contributed by atoms with Crippen molar-refractivity contribution in [2.75, 3.05) is 5.32 Å². The molecular formula is C22H17N5OS. The normalized spacial score (nSPS) is 11.1. The summed E-state index contributed by atoms with van der Waals surface area (Å²) in [7, 11) is 0. The van der Waals surface area contributed by atoms with Crippen molar-refractivity contribution in [3.8, 4) is 16.9 Å². The average molecular weight is 399 g/mol. The monoisotopic (exact) mass is 399 g/mol. The van der Waals surface area contributed by atoms with Gasteiger partial charge in [-0.15, -0.1) is 11.3 Å². The highest BCUT2D eigenvalue weighted by atomic mass is 32.1. The maximum Gasteiger partial charge on any atom is 0.259 e. The lowest BCUT2D eigenvalue weighted by Crippen LogP contribution is -2.13. The molecule has 0 aliphatic heterocycles. The first kappa shape index (κ1) is 17.4. The first-order chi connectivity index (χ1) is 14.2. The van der Waals surface area contributed by atoms with Gasteiger partial charge in [0.15, 0.2) is 4.96 Å². The molecule has 0 aliphatic rings. The van der Waals surface area contributed by atoms with E-state index in [0.717, 1.165) is 33.3 Å². The van der Waals surface area contributed by atoms with Gasteiger partial charge in [-0.25, -0.2) is 9.67 Å². The summed E-state index contributed by atoms with van der Waals surface area (Å²) in [5.41, 5.74) is 4.91. The number of nitrogens with one attached hydrogen (secondary N) is 1. The highest BCUT2D eigenvalue weighted by molar-refractivity contribution is 7.15. The topological polar surface area (TPSA) is 64.2 Å². The van der Waals surface area contributed by atoms with Crippen LogP contribution in [0.1, 0.15) is 16.1 Å². The molecule has 0 radical (unpaired) electrons. The van der Waals surface area contributed by atoms with E-state index in [-0.39, 0.29) is 5.91 Å². The maximum atomic E-state index is 12.7. The molecule has 1 amide bonds. The molecule has 0 bridgehead atoms. The van der Waals surface area contributed by atoms with Crippen LogP contribution in [0.2, 0.25) is 0 Å². The van der Waals surface area contributed by atoms with Gasteiger partial charge in [0, 0.05) is 29.0 Å². The van der Waals surface area contributed by atoms with Crippen molar-refractivity contribution in [1.29, 1.82) is 0 Å². The zero-order valence-corrected chi connectivity index (χ0v) is 16.4. The molecule has 0 fully saturated rings. The number of nitrogens with zero attached hydrogens (tertiary/aromatic N) is 4. The molecule has 0 unspecified atom stereocenters. The molecule has 0 aliphatic carbocycles. The van der Waals surface area contributed by atoms with Crippen LogP contribution in [0.4, 0.5) is 5.69 Å². The number of amides is 1. The average Bonchev–Trinajstić information content (AvgIpc) is 3.44. The predicted molar refractivity (Wildman–Crippen MR) is 115 cm³/mol. The predicted octanol–water partition coefficient (Wildman–Crippen LogP) is 4.81. The van der Waals surface area contributed by atoms with Gasteiger partial charge in [0.25, 0.3) is 5.91 Å². The van der Waals surface area contributed by atoms with Crippen LogP contribution in [-0.2, 0) is 0 Å². The molecule has 0 saturated heterocycles. The molecule has 142 valence electrons.